The fourth-order valence-corrected chi connectivity index (χ4v) is 2.76. The molecule has 15 heavy (non-hydrogen) atoms. The van der Waals surface area contributed by atoms with E-state index in [1.54, 1.807) is 0 Å². The number of hydrogen-bond donors (Lipinski definition) is 0. The lowest BCUT2D eigenvalue weighted by Gasteiger charge is -2.05. The molecule has 1 aliphatic rings. The zero-order chi connectivity index (χ0) is 11.2. The number of ether oxygens (including phenoxy) is 1. The molecule has 0 aliphatic carbocycles. The maximum absolute atomic E-state index is 11.1. The molecule has 0 saturated heterocycles. The predicted octanol–water partition coefficient (Wildman–Crippen LogP) is 2.59. The zero-order valence-electron chi connectivity index (χ0n) is 7.83. The fourth-order valence-electron chi connectivity index (χ4n) is 1.60. The Labute approximate surface area is 97.4 Å². The summed E-state index contributed by atoms with van der Waals surface area (Å²) < 4.78 is 27.7. The second kappa shape index (κ2) is 3.54. The standard InChI is InChI=1S/C9H8Cl2O3S/c1-5-2-6-3-7(15(11,12)13)4-8(10)9(6)14-5/h3-5H,2H2,1H3. The lowest BCUT2D eigenvalue weighted by Crippen LogP contribution is -2.05. The summed E-state index contributed by atoms with van der Waals surface area (Å²) in [6.45, 7) is 1.89. The summed E-state index contributed by atoms with van der Waals surface area (Å²) in [7, 11) is 1.51. The number of halogens is 2. The van der Waals surface area contributed by atoms with E-state index in [9.17, 15) is 8.42 Å². The van der Waals surface area contributed by atoms with Crippen molar-refractivity contribution in [2.24, 2.45) is 0 Å². The van der Waals surface area contributed by atoms with Crippen LogP contribution in [0.15, 0.2) is 17.0 Å². The third-order valence-electron chi connectivity index (χ3n) is 2.20. The van der Waals surface area contributed by atoms with Crippen LogP contribution in [-0.4, -0.2) is 14.5 Å². The molecule has 1 unspecified atom stereocenters. The summed E-state index contributed by atoms with van der Waals surface area (Å²) in [6.07, 6.45) is 0.667. The van der Waals surface area contributed by atoms with Gasteiger partial charge in [-0.15, -0.1) is 0 Å². The highest BCUT2D eigenvalue weighted by molar-refractivity contribution is 8.13. The molecule has 6 heteroatoms. The molecule has 1 aromatic rings. The number of fused-ring (bicyclic) bond motifs is 1. The van der Waals surface area contributed by atoms with Gasteiger partial charge in [-0.1, -0.05) is 11.6 Å². The van der Waals surface area contributed by atoms with Gasteiger partial charge in [0.05, 0.1) is 9.92 Å². The Morgan fingerprint density at radius 3 is 2.73 bits per heavy atom. The third-order valence-corrected chi connectivity index (χ3v) is 3.82. The first-order chi connectivity index (χ1) is 6.88. The summed E-state index contributed by atoms with van der Waals surface area (Å²) in [5.74, 6) is 0.563. The van der Waals surface area contributed by atoms with Gasteiger partial charge in [-0.3, -0.25) is 0 Å². The minimum Gasteiger partial charge on any atom is -0.489 e. The summed E-state index contributed by atoms with van der Waals surface area (Å²) in [4.78, 5) is 0.0191. The van der Waals surface area contributed by atoms with E-state index in [0.29, 0.717) is 12.2 Å². The summed E-state index contributed by atoms with van der Waals surface area (Å²) >= 11 is 5.90. The Balaban J connectivity index is 2.59. The van der Waals surface area contributed by atoms with Crippen molar-refractivity contribution >= 4 is 31.3 Å². The van der Waals surface area contributed by atoms with E-state index in [1.807, 2.05) is 6.92 Å². The third kappa shape index (κ3) is 2.07. The average Bonchev–Trinajstić information content (AvgIpc) is 2.44. The summed E-state index contributed by atoms with van der Waals surface area (Å²) in [5, 5.41) is 0.288. The molecule has 3 nitrogen and oxygen atoms in total. The molecule has 0 fully saturated rings. The van der Waals surface area contributed by atoms with Crippen molar-refractivity contribution in [3.8, 4) is 5.75 Å². The van der Waals surface area contributed by atoms with Crippen molar-refractivity contribution in [2.75, 3.05) is 0 Å². The van der Waals surface area contributed by atoms with Crippen LogP contribution < -0.4 is 4.74 Å². The van der Waals surface area contributed by atoms with Crippen molar-refractivity contribution in [2.45, 2.75) is 24.3 Å². The molecule has 0 aromatic heterocycles. The van der Waals surface area contributed by atoms with Crippen LogP contribution >= 0.6 is 22.3 Å². The smallest absolute Gasteiger partial charge is 0.261 e. The molecule has 82 valence electrons. The first kappa shape index (κ1) is 11.0. The Morgan fingerprint density at radius 1 is 1.47 bits per heavy atom. The van der Waals surface area contributed by atoms with Gasteiger partial charge in [0.15, 0.2) is 0 Å². The van der Waals surface area contributed by atoms with Crippen molar-refractivity contribution < 1.29 is 13.2 Å². The van der Waals surface area contributed by atoms with E-state index >= 15 is 0 Å². The zero-order valence-corrected chi connectivity index (χ0v) is 10.2. The van der Waals surface area contributed by atoms with Gasteiger partial charge in [-0.05, 0) is 19.1 Å². The molecular weight excluding hydrogens is 259 g/mol. The Hall–Kier alpha value is -0.450. The van der Waals surface area contributed by atoms with E-state index in [-0.39, 0.29) is 16.0 Å². The van der Waals surface area contributed by atoms with E-state index in [2.05, 4.69) is 0 Å². The number of rotatable bonds is 1. The van der Waals surface area contributed by atoms with Crippen LogP contribution in [0.2, 0.25) is 5.02 Å². The van der Waals surface area contributed by atoms with Gasteiger partial charge in [0, 0.05) is 22.7 Å². The normalized spacial score (nSPS) is 19.8. The number of hydrogen-bond acceptors (Lipinski definition) is 3. The molecule has 0 radical (unpaired) electrons. The van der Waals surface area contributed by atoms with Crippen LogP contribution in [-0.2, 0) is 15.5 Å². The van der Waals surface area contributed by atoms with Crippen molar-refractivity contribution in [1.29, 1.82) is 0 Å². The first-order valence-corrected chi connectivity index (χ1v) is 7.00. The molecule has 1 heterocycles. The molecule has 0 bridgehead atoms. The Morgan fingerprint density at radius 2 is 2.13 bits per heavy atom. The molecule has 0 amide bonds. The van der Waals surface area contributed by atoms with E-state index in [4.69, 9.17) is 27.0 Å². The van der Waals surface area contributed by atoms with Crippen LogP contribution in [0.4, 0.5) is 0 Å². The van der Waals surface area contributed by atoms with Crippen LogP contribution in [0, 0.1) is 0 Å². The van der Waals surface area contributed by atoms with E-state index in [0.717, 1.165) is 5.56 Å². The second-order valence-corrected chi connectivity index (χ2v) is 6.44. The monoisotopic (exact) mass is 266 g/mol. The highest BCUT2D eigenvalue weighted by Gasteiger charge is 2.24. The predicted molar refractivity (Wildman–Crippen MR) is 58.3 cm³/mol. The van der Waals surface area contributed by atoms with Gasteiger partial charge in [-0.2, -0.15) is 0 Å². The molecule has 0 spiro atoms. The molecule has 1 atom stereocenters. The van der Waals surface area contributed by atoms with Gasteiger partial charge < -0.3 is 4.74 Å². The lowest BCUT2D eigenvalue weighted by molar-refractivity contribution is 0.255. The topological polar surface area (TPSA) is 43.4 Å². The van der Waals surface area contributed by atoms with Crippen molar-refractivity contribution in [1.82, 2.24) is 0 Å². The van der Waals surface area contributed by atoms with Gasteiger partial charge in [0.2, 0.25) is 0 Å². The largest absolute Gasteiger partial charge is 0.489 e. The molecule has 0 saturated carbocycles. The van der Waals surface area contributed by atoms with Crippen LogP contribution in [0.25, 0.3) is 0 Å². The number of benzene rings is 1. The summed E-state index contributed by atoms with van der Waals surface area (Å²) in [6, 6.07) is 2.81. The highest BCUT2D eigenvalue weighted by atomic mass is 35.7. The summed E-state index contributed by atoms with van der Waals surface area (Å²) in [5.41, 5.74) is 0.786. The van der Waals surface area contributed by atoms with Crippen LogP contribution in [0.3, 0.4) is 0 Å². The maximum atomic E-state index is 11.1. The average molecular weight is 267 g/mol. The quantitative estimate of drug-likeness (QED) is 0.734. The Kier molecular flexibility index (Phi) is 2.61. The van der Waals surface area contributed by atoms with Gasteiger partial charge >= 0.3 is 0 Å². The maximum Gasteiger partial charge on any atom is 0.261 e. The minimum absolute atomic E-state index is 0.0191. The van der Waals surface area contributed by atoms with Crippen molar-refractivity contribution in [3.63, 3.8) is 0 Å². The highest BCUT2D eigenvalue weighted by Crippen LogP contribution is 2.38. The van der Waals surface area contributed by atoms with Gasteiger partial charge in [-0.25, -0.2) is 8.42 Å². The second-order valence-electron chi connectivity index (χ2n) is 3.46. The van der Waals surface area contributed by atoms with E-state index in [1.165, 1.54) is 12.1 Å². The fraction of sp³-hybridized carbons (Fsp3) is 0.333. The van der Waals surface area contributed by atoms with Crippen LogP contribution in [0.5, 0.6) is 5.75 Å². The van der Waals surface area contributed by atoms with Crippen LogP contribution in [0.1, 0.15) is 12.5 Å². The molecule has 0 N–H and O–H groups in total. The van der Waals surface area contributed by atoms with Gasteiger partial charge in [0.25, 0.3) is 9.05 Å². The lowest BCUT2D eigenvalue weighted by atomic mass is 10.1. The SMILES string of the molecule is CC1Cc2cc(S(=O)(=O)Cl)cc(Cl)c2O1. The molecule has 2 rings (SSSR count). The molecule has 1 aliphatic heterocycles. The first-order valence-electron chi connectivity index (χ1n) is 4.31. The Bertz CT molecular complexity index is 510. The van der Waals surface area contributed by atoms with Gasteiger partial charge in [0.1, 0.15) is 11.9 Å². The minimum atomic E-state index is -3.73. The molecular formula is C9H8Cl2O3S. The molecule has 1 aromatic carbocycles. The van der Waals surface area contributed by atoms with Crippen molar-refractivity contribution in [3.05, 3.63) is 22.7 Å². The van der Waals surface area contributed by atoms with E-state index < -0.39 is 9.05 Å².